The minimum Gasteiger partial charge on any atom is -0.294 e. The molecule has 19 heavy (non-hydrogen) atoms. The molecule has 0 aliphatic carbocycles. The first-order valence-corrected chi connectivity index (χ1v) is 8.34. The highest BCUT2D eigenvalue weighted by molar-refractivity contribution is 9.10. The molecule has 1 saturated heterocycles. The number of aromatic nitrogens is 2. The third-order valence-corrected chi connectivity index (χ3v) is 5.05. The molecule has 2 unspecified atom stereocenters. The van der Waals surface area contributed by atoms with Crippen molar-refractivity contribution in [3.05, 3.63) is 15.9 Å². The van der Waals surface area contributed by atoms with Gasteiger partial charge in [0.2, 0.25) is 0 Å². The lowest BCUT2D eigenvalue weighted by Gasteiger charge is -2.25. The van der Waals surface area contributed by atoms with E-state index in [4.69, 9.17) is 11.6 Å². The van der Waals surface area contributed by atoms with Crippen LogP contribution in [0.4, 0.5) is 0 Å². The molecule has 0 aromatic carbocycles. The van der Waals surface area contributed by atoms with Crippen molar-refractivity contribution in [1.82, 2.24) is 14.7 Å². The van der Waals surface area contributed by atoms with Crippen LogP contribution >= 0.6 is 27.5 Å². The van der Waals surface area contributed by atoms with Crippen molar-refractivity contribution in [3.8, 4) is 0 Å². The highest BCUT2D eigenvalue weighted by Crippen LogP contribution is 2.28. The smallest absolute Gasteiger partial charge is 0.0767 e. The molecule has 1 aromatic rings. The highest BCUT2D eigenvalue weighted by atomic mass is 79.9. The van der Waals surface area contributed by atoms with E-state index >= 15 is 0 Å². The van der Waals surface area contributed by atoms with Gasteiger partial charge in [-0.3, -0.25) is 9.58 Å². The van der Waals surface area contributed by atoms with Gasteiger partial charge in [0.05, 0.1) is 15.9 Å². The van der Waals surface area contributed by atoms with Crippen LogP contribution in [0.15, 0.2) is 4.47 Å². The van der Waals surface area contributed by atoms with Crippen LogP contribution in [0.1, 0.15) is 44.5 Å². The quantitative estimate of drug-likeness (QED) is 0.756. The van der Waals surface area contributed by atoms with Gasteiger partial charge in [0.15, 0.2) is 0 Å². The maximum Gasteiger partial charge on any atom is 0.0767 e. The topological polar surface area (TPSA) is 21.1 Å². The highest BCUT2D eigenvalue weighted by Gasteiger charge is 2.27. The number of alkyl halides is 1. The molecule has 0 spiro atoms. The van der Waals surface area contributed by atoms with E-state index in [2.05, 4.69) is 39.8 Å². The summed E-state index contributed by atoms with van der Waals surface area (Å²) in [5, 5.41) is 4.83. The van der Waals surface area contributed by atoms with Gasteiger partial charge in [0.25, 0.3) is 0 Å². The summed E-state index contributed by atoms with van der Waals surface area (Å²) in [6.07, 6.45) is 4.60. The van der Waals surface area contributed by atoms with Crippen LogP contribution in [0.2, 0.25) is 0 Å². The van der Waals surface area contributed by atoms with E-state index < -0.39 is 0 Å². The van der Waals surface area contributed by atoms with Crippen LogP contribution in [-0.4, -0.2) is 32.6 Å². The molecule has 5 heteroatoms. The predicted octanol–water partition coefficient (Wildman–Crippen LogP) is 3.73. The van der Waals surface area contributed by atoms with Crippen LogP contribution in [0.3, 0.4) is 0 Å². The SMILES string of the molecule is CCc1nn(C)c(CN2CCCC2CC(C)Cl)c1Br. The second kappa shape index (κ2) is 6.59. The van der Waals surface area contributed by atoms with Gasteiger partial charge in [-0.25, -0.2) is 0 Å². The van der Waals surface area contributed by atoms with Gasteiger partial charge in [-0.05, 0) is 55.1 Å². The Labute approximate surface area is 129 Å². The van der Waals surface area contributed by atoms with Crippen molar-refractivity contribution >= 4 is 27.5 Å². The van der Waals surface area contributed by atoms with Crippen molar-refractivity contribution < 1.29 is 0 Å². The van der Waals surface area contributed by atoms with Crippen LogP contribution in [0.25, 0.3) is 0 Å². The molecule has 108 valence electrons. The van der Waals surface area contributed by atoms with Crippen molar-refractivity contribution in [1.29, 1.82) is 0 Å². The molecule has 3 nitrogen and oxygen atoms in total. The van der Waals surface area contributed by atoms with Gasteiger partial charge in [-0.2, -0.15) is 5.10 Å². The molecular formula is C14H23BrClN3. The fourth-order valence-corrected chi connectivity index (χ4v) is 3.88. The fraction of sp³-hybridized carbons (Fsp3) is 0.786. The van der Waals surface area contributed by atoms with Gasteiger partial charge >= 0.3 is 0 Å². The average Bonchev–Trinajstić information content (AvgIpc) is 2.88. The molecule has 1 fully saturated rings. The number of hydrogen-bond acceptors (Lipinski definition) is 2. The molecule has 0 bridgehead atoms. The van der Waals surface area contributed by atoms with E-state index in [0.717, 1.165) is 25.1 Å². The third-order valence-electron chi connectivity index (χ3n) is 3.95. The van der Waals surface area contributed by atoms with E-state index in [1.165, 1.54) is 29.6 Å². The second-order valence-corrected chi connectivity index (χ2v) is 7.01. The zero-order valence-electron chi connectivity index (χ0n) is 12.0. The number of rotatable bonds is 5. The van der Waals surface area contributed by atoms with Crippen LogP contribution in [-0.2, 0) is 20.0 Å². The Kier molecular flexibility index (Phi) is 5.32. The summed E-state index contributed by atoms with van der Waals surface area (Å²) < 4.78 is 3.20. The number of halogens is 2. The van der Waals surface area contributed by atoms with Gasteiger partial charge in [-0.1, -0.05) is 6.92 Å². The predicted molar refractivity (Wildman–Crippen MR) is 83.7 cm³/mol. The minimum atomic E-state index is 0.256. The zero-order valence-corrected chi connectivity index (χ0v) is 14.3. The minimum absolute atomic E-state index is 0.256. The summed E-state index contributed by atoms with van der Waals surface area (Å²) in [6, 6.07) is 0.624. The van der Waals surface area contributed by atoms with Crippen molar-refractivity contribution in [2.45, 2.75) is 57.5 Å². The van der Waals surface area contributed by atoms with Gasteiger partial charge in [0.1, 0.15) is 0 Å². The van der Waals surface area contributed by atoms with Crippen molar-refractivity contribution in [2.24, 2.45) is 7.05 Å². The van der Waals surface area contributed by atoms with Crippen molar-refractivity contribution in [3.63, 3.8) is 0 Å². The summed E-state index contributed by atoms with van der Waals surface area (Å²) in [5.74, 6) is 0. The summed E-state index contributed by atoms with van der Waals surface area (Å²) in [7, 11) is 2.04. The lowest BCUT2D eigenvalue weighted by molar-refractivity contribution is 0.228. The molecule has 1 aliphatic heterocycles. The lowest BCUT2D eigenvalue weighted by atomic mass is 10.1. The Morgan fingerprint density at radius 2 is 2.26 bits per heavy atom. The number of nitrogens with zero attached hydrogens (tertiary/aromatic N) is 3. The maximum absolute atomic E-state index is 6.16. The summed E-state index contributed by atoms with van der Waals surface area (Å²) in [6.45, 7) is 6.38. The van der Waals surface area contributed by atoms with E-state index in [0.29, 0.717) is 6.04 Å². The molecule has 0 amide bonds. The number of aryl methyl sites for hydroxylation is 2. The van der Waals surface area contributed by atoms with E-state index in [1.807, 2.05) is 11.7 Å². The Bertz CT molecular complexity index is 431. The lowest BCUT2D eigenvalue weighted by Crippen LogP contribution is -2.31. The molecule has 2 heterocycles. The third kappa shape index (κ3) is 3.53. The van der Waals surface area contributed by atoms with Crippen LogP contribution in [0, 0.1) is 0 Å². The van der Waals surface area contributed by atoms with E-state index in [-0.39, 0.29) is 5.38 Å². The maximum atomic E-state index is 6.16. The summed E-state index contributed by atoms with van der Waals surface area (Å²) >= 11 is 9.87. The Balaban J connectivity index is 2.10. The standard InChI is InChI=1S/C14H23BrClN3/c1-4-12-14(15)13(18(3)17-12)9-19-7-5-6-11(19)8-10(2)16/h10-11H,4-9H2,1-3H3. The van der Waals surface area contributed by atoms with Gasteiger partial charge in [0, 0.05) is 25.0 Å². The van der Waals surface area contributed by atoms with Gasteiger partial charge < -0.3 is 0 Å². The van der Waals surface area contributed by atoms with Crippen LogP contribution in [0.5, 0.6) is 0 Å². The first-order chi connectivity index (χ1) is 9.02. The first-order valence-electron chi connectivity index (χ1n) is 7.11. The van der Waals surface area contributed by atoms with E-state index in [1.54, 1.807) is 0 Å². The summed E-state index contributed by atoms with van der Waals surface area (Å²) in [5.41, 5.74) is 2.44. The molecule has 2 atom stereocenters. The number of likely N-dealkylation sites (tertiary alicyclic amines) is 1. The molecule has 1 aliphatic rings. The molecule has 2 rings (SSSR count). The number of hydrogen-bond donors (Lipinski definition) is 0. The first kappa shape index (κ1) is 15.3. The van der Waals surface area contributed by atoms with Crippen LogP contribution < -0.4 is 0 Å². The Morgan fingerprint density at radius 3 is 2.84 bits per heavy atom. The molecule has 0 saturated carbocycles. The normalized spacial score (nSPS) is 22.1. The van der Waals surface area contributed by atoms with Crippen molar-refractivity contribution in [2.75, 3.05) is 6.54 Å². The molecule has 0 N–H and O–H groups in total. The summed E-state index contributed by atoms with van der Waals surface area (Å²) in [4.78, 5) is 2.56. The largest absolute Gasteiger partial charge is 0.294 e. The molecule has 0 radical (unpaired) electrons. The van der Waals surface area contributed by atoms with E-state index in [9.17, 15) is 0 Å². The Morgan fingerprint density at radius 1 is 1.53 bits per heavy atom. The second-order valence-electron chi connectivity index (χ2n) is 5.47. The zero-order chi connectivity index (χ0) is 14.0. The Hall–Kier alpha value is -0.0600. The monoisotopic (exact) mass is 347 g/mol. The fourth-order valence-electron chi connectivity index (χ4n) is 2.93. The molecular weight excluding hydrogens is 326 g/mol. The molecule has 1 aromatic heterocycles. The van der Waals surface area contributed by atoms with Gasteiger partial charge in [-0.15, -0.1) is 11.6 Å². The average molecular weight is 349 g/mol.